The summed E-state index contributed by atoms with van der Waals surface area (Å²) in [5.41, 5.74) is 0. The van der Waals surface area contributed by atoms with Gasteiger partial charge < -0.3 is 0 Å². The topological polar surface area (TPSA) is 0 Å². The fourth-order valence-electron chi connectivity index (χ4n) is 1.21. The Kier molecular flexibility index (Phi) is 2.58. The molecule has 0 saturated carbocycles. The van der Waals surface area contributed by atoms with E-state index in [1.165, 1.54) is 10.4 Å². The van der Waals surface area contributed by atoms with E-state index in [9.17, 15) is 0 Å². The van der Waals surface area contributed by atoms with Gasteiger partial charge >= 0.3 is 9.52 Å². The molecule has 0 aliphatic heterocycles. The fraction of sp³-hybridized carbons (Fsp3) is 0. The van der Waals surface area contributed by atoms with Crippen LogP contribution in [0.15, 0.2) is 60.7 Å². The maximum atomic E-state index is 2.17. The first-order valence-electron chi connectivity index (χ1n) is 4.32. The zero-order valence-corrected chi connectivity index (χ0v) is 8.27. The van der Waals surface area contributed by atoms with Crippen LogP contribution in [-0.4, -0.2) is 9.52 Å². The van der Waals surface area contributed by atoms with E-state index in [0.29, 0.717) is 0 Å². The highest BCUT2D eigenvalue weighted by molar-refractivity contribution is 6.67. The van der Waals surface area contributed by atoms with Crippen LogP contribution in [0.1, 0.15) is 0 Å². The Morgan fingerprint density at radius 3 is 1.31 bits per heavy atom. The van der Waals surface area contributed by atoms with Gasteiger partial charge in [0.2, 0.25) is 0 Å². The minimum atomic E-state index is 0.777. The summed E-state index contributed by atoms with van der Waals surface area (Å²) in [6, 6.07) is 21.2. The van der Waals surface area contributed by atoms with Crippen LogP contribution in [-0.2, 0) is 0 Å². The van der Waals surface area contributed by atoms with Crippen LogP contribution in [0.3, 0.4) is 0 Å². The van der Waals surface area contributed by atoms with Crippen LogP contribution in [0.5, 0.6) is 0 Å². The molecule has 0 bridgehead atoms. The highest BCUT2D eigenvalue weighted by Gasteiger charge is 2.16. The van der Waals surface area contributed by atoms with E-state index in [1.807, 2.05) is 0 Å². The lowest BCUT2D eigenvalue weighted by molar-refractivity contribution is 1.75. The van der Waals surface area contributed by atoms with Gasteiger partial charge in [0, 0.05) is 0 Å². The average Bonchev–Trinajstić information content (AvgIpc) is 2.21. The van der Waals surface area contributed by atoms with E-state index in [-0.39, 0.29) is 0 Å². The molecule has 1 radical (unpaired) electrons. The van der Waals surface area contributed by atoms with Crippen molar-refractivity contribution in [3.8, 4) is 0 Å². The summed E-state index contributed by atoms with van der Waals surface area (Å²) in [7, 11) is 0.777. The van der Waals surface area contributed by atoms with Crippen LogP contribution in [0, 0.1) is 0 Å². The van der Waals surface area contributed by atoms with Crippen molar-refractivity contribution in [2.45, 2.75) is 0 Å². The molecule has 61 valence electrons. The second-order valence-corrected chi connectivity index (χ2v) is 4.26. The molecule has 0 aromatic heterocycles. The number of hydrogen-bond donors (Lipinski definition) is 0. The Hall–Kier alpha value is -1.34. The molecule has 0 aliphatic carbocycles. The molecule has 0 nitrogen and oxygen atoms in total. The molecule has 2 aromatic rings. The van der Waals surface area contributed by atoms with Crippen molar-refractivity contribution in [2.75, 3.05) is 0 Å². The zero-order chi connectivity index (χ0) is 8.93. The van der Waals surface area contributed by atoms with Crippen molar-refractivity contribution in [2.24, 2.45) is 0 Å². The van der Waals surface area contributed by atoms with Gasteiger partial charge in [-0.25, -0.2) is 0 Å². The molecule has 0 amide bonds. The van der Waals surface area contributed by atoms with E-state index in [4.69, 9.17) is 0 Å². The molecule has 0 spiro atoms. The maximum absolute atomic E-state index is 2.17. The predicted octanol–water partition coefficient (Wildman–Crippen LogP) is 1.34. The third-order valence-electron chi connectivity index (χ3n) is 1.84. The van der Waals surface area contributed by atoms with Crippen molar-refractivity contribution < 1.29 is 0 Å². The Morgan fingerprint density at radius 2 is 0.923 bits per heavy atom. The first-order chi connectivity index (χ1) is 6.45. The molecule has 0 heterocycles. The van der Waals surface area contributed by atoms with Crippen LogP contribution >= 0.6 is 0 Å². The molecular weight excluding hydrogens is 172 g/mol. The molecule has 0 saturated heterocycles. The minimum absolute atomic E-state index is 0.777. The molecule has 1 heteroatoms. The number of benzene rings is 2. The van der Waals surface area contributed by atoms with Gasteiger partial charge in [-0.2, -0.15) is 0 Å². The quantitative estimate of drug-likeness (QED) is 0.615. The van der Waals surface area contributed by atoms with Crippen LogP contribution in [0.25, 0.3) is 0 Å². The van der Waals surface area contributed by atoms with Crippen molar-refractivity contribution in [3.63, 3.8) is 0 Å². The smallest absolute Gasteiger partial charge is 0.0621 e. The first kappa shape index (κ1) is 8.26. The standard InChI is InChI=1S/C12H10Si/c1-3-7-11(8-4-1)13-12-9-5-2-6-10-12/h1-10H/q+1. The molecule has 0 N–H and O–H groups in total. The third kappa shape index (κ3) is 2.29. The Bertz CT molecular complexity index is 316. The Labute approximate surface area is 81.1 Å². The lowest BCUT2D eigenvalue weighted by atomic mass is 10.4. The van der Waals surface area contributed by atoms with Gasteiger partial charge in [-0.1, -0.05) is 36.4 Å². The van der Waals surface area contributed by atoms with Crippen molar-refractivity contribution >= 4 is 19.9 Å². The second-order valence-electron chi connectivity index (χ2n) is 2.86. The van der Waals surface area contributed by atoms with Crippen molar-refractivity contribution in [3.05, 3.63) is 60.7 Å². The van der Waals surface area contributed by atoms with Gasteiger partial charge in [-0.05, 0) is 24.3 Å². The monoisotopic (exact) mass is 182 g/mol. The van der Waals surface area contributed by atoms with Crippen LogP contribution in [0.4, 0.5) is 0 Å². The van der Waals surface area contributed by atoms with Gasteiger partial charge in [-0.3, -0.25) is 0 Å². The van der Waals surface area contributed by atoms with Gasteiger partial charge in [0.25, 0.3) is 0 Å². The summed E-state index contributed by atoms with van der Waals surface area (Å²) < 4.78 is 0. The fourth-order valence-corrected chi connectivity index (χ4v) is 2.26. The van der Waals surface area contributed by atoms with Crippen molar-refractivity contribution in [1.29, 1.82) is 0 Å². The van der Waals surface area contributed by atoms with Crippen LogP contribution < -0.4 is 10.4 Å². The third-order valence-corrected chi connectivity index (χ3v) is 3.08. The number of hydrogen-bond acceptors (Lipinski definition) is 0. The van der Waals surface area contributed by atoms with Crippen molar-refractivity contribution in [1.82, 2.24) is 0 Å². The molecule has 0 aliphatic rings. The molecule has 0 atom stereocenters. The summed E-state index contributed by atoms with van der Waals surface area (Å²) in [4.78, 5) is 0. The lowest BCUT2D eigenvalue weighted by Crippen LogP contribution is -2.26. The summed E-state index contributed by atoms with van der Waals surface area (Å²) in [5.74, 6) is 0. The van der Waals surface area contributed by atoms with E-state index in [0.717, 1.165) is 9.52 Å². The largest absolute Gasteiger partial charge is 0.567 e. The van der Waals surface area contributed by atoms with E-state index < -0.39 is 0 Å². The maximum Gasteiger partial charge on any atom is 0.567 e. The molecule has 2 aromatic carbocycles. The van der Waals surface area contributed by atoms with Gasteiger partial charge in [0.1, 0.15) is 10.4 Å². The highest BCUT2D eigenvalue weighted by Crippen LogP contribution is 1.84. The summed E-state index contributed by atoms with van der Waals surface area (Å²) in [6.45, 7) is 0. The normalized spacial score (nSPS) is 9.54. The lowest BCUT2D eigenvalue weighted by Gasteiger charge is -1.84. The van der Waals surface area contributed by atoms with E-state index in [1.54, 1.807) is 0 Å². The van der Waals surface area contributed by atoms with Gasteiger partial charge in [-0.15, -0.1) is 0 Å². The van der Waals surface area contributed by atoms with E-state index in [2.05, 4.69) is 60.7 Å². The molecule has 0 unspecified atom stereocenters. The zero-order valence-electron chi connectivity index (χ0n) is 7.27. The Balaban J connectivity index is 2.16. The Morgan fingerprint density at radius 1 is 0.538 bits per heavy atom. The second kappa shape index (κ2) is 4.05. The SMILES string of the molecule is c1ccc([Si+]c2ccccc2)cc1. The van der Waals surface area contributed by atoms with Crippen LogP contribution in [0.2, 0.25) is 0 Å². The molecule has 0 fully saturated rings. The minimum Gasteiger partial charge on any atom is -0.0621 e. The van der Waals surface area contributed by atoms with Gasteiger partial charge in [0.15, 0.2) is 0 Å². The first-order valence-corrected chi connectivity index (χ1v) is 5.32. The summed E-state index contributed by atoms with van der Waals surface area (Å²) in [5, 5.41) is 2.79. The highest BCUT2D eigenvalue weighted by atomic mass is 28.2. The summed E-state index contributed by atoms with van der Waals surface area (Å²) in [6.07, 6.45) is 0. The molecular formula is C12H10Si+. The summed E-state index contributed by atoms with van der Waals surface area (Å²) >= 11 is 0. The number of rotatable bonds is 2. The predicted molar refractivity (Wildman–Crippen MR) is 57.9 cm³/mol. The van der Waals surface area contributed by atoms with Gasteiger partial charge in [0.05, 0.1) is 0 Å². The van der Waals surface area contributed by atoms with E-state index >= 15 is 0 Å². The average molecular weight is 182 g/mol. The molecule has 2 rings (SSSR count). The molecule has 13 heavy (non-hydrogen) atoms.